The number of ether oxygens (including phenoxy) is 2. The third kappa shape index (κ3) is 38.3. The lowest BCUT2D eigenvalue weighted by molar-refractivity contribution is -0.161. The molecule has 0 aromatic rings. The van der Waals surface area contributed by atoms with Crippen LogP contribution in [0.2, 0.25) is 0 Å². The van der Waals surface area contributed by atoms with Gasteiger partial charge in [0, 0.05) is 12.8 Å². The molecule has 0 spiro atoms. The fourth-order valence-corrected chi connectivity index (χ4v) is 5.65. The number of phosphoric ester groups is 1. The van der Waals surface area contributed by atoms with Crippen molar-refractivity contribution in [3.63, 3.8) is 0 Å². The Kier molecular flexibility index (Phi) is 36.6. The Hall–Kier alpha value is -3.94. The van der Waals surface area contributed by atoms with Gasteiger partial charge in [-0.1, -0.05) is 142 Å². The summed E-state index contributed by atoms with van der Waals surface area (Å²) in [6.07, 6.45) is 43.7. The fourth-order valence-electron chi connectivity index (χ4n) is 4.88. The van der Waals surface area contributed by atoms with Crippen LogP contribution in [0, 0.1) is 0 Å². The number of carboxylic acids is 1. The summed E-state index contributed by atoms with van der Waals surface area (Å²) in [5.41, 5.74) is 5.31. The summed E-state index contributed by atoms with van der Waals surface area (Å²) in [7, 11) is -4.78. The summed E-state index contributed by atoms with van der Waals surface area (Å²) in [5, 5.41) is 28.9. The molecule has 338 valence electrons. The molecular formula is C46H72NO12P. The number of carboxylic acid groups (broad SMARTS) is 1. The van der Waals surface area contributed by atoms with Gasteiger partial charge in [-0.15, -0.1) is 0 Å². The quantitative estimate of drug-likeness (QED) is 0.0130. The third-order valence-corrected chi connectivity index (χ3v) is 9.14. The number of allylic oxidation sites excluding steroid dienone is 14. The first-order valence-corrected chi connectivity index (χ1v) is 22.6. The second-order valence-corrected chi connectivity index (χ2v) is 15.2. The molecule has 1 unspecified atom stereocenters. The van der Waals surface area contributed by atoms with Crippen molar-refractivity contribution in [3.8, 4) is 0 Å². The molecule has 0 saturated carbocycles. The summed E-state index contributed by atoms with van der Waals surface area (Å²) >= 11 is 0. The van der Waals surface area contributed by atoms with E-state index in [1.54, 1.807) is 30.4 Å². The highest BCUT2D eigenvalue weighted by atomic mass is 31.2. The Bertz CT molecular complexity index is 1460. The van der Waals surface area contributed by atoms with Crippen molar-refractivity contribution in [1.82, 2.24) is 0 Å². The minimum Gasteiger partial charge on any atom is -0.480 e. The number of aliphatic carboxylic acids is 1. The normalized spacial score (nSPS) is 15.8. The molecule has 0 bridgehead atoms. The number of carbonyl (C=O) groups is 3. The number of rotatable bonds is 37. The van der Waals surface area contributed by atoms with Crippen LogP contribution in [0.5, 0.6) is 0 Å². The van der Waals surface area contributed by atoms with Crippen LogP contribution in [0.4, 0.5) is 0 Å². The molecule has 0 amide bonds. The van der Waals surface area contributed by atoms with E-state index in [1.807, 2.05) is 49.5 Å². The first-order chi connectivity index (χ1) is 28.9. The van der Waals surface area contributed by atoms with E-state index in [1.165, 1.54) is 0 Å². The molecule has 0 heterocycles. The Labute approximate surface area is 358 Å². The Balaban J connectivity index is 4.67. The van der Waals surface area contributed by atoms with Crippen molar-refractivity contribution >= 4 is 25.7 Å². The minimum atomic E-state index is -4.78. The van der Waals surface area contributed by atoms with Crippen molar-refractivity contribution in [3.05, 3.63) is 109 Å². The van der Waals surface area contributed by atoms with E-state index in [0.29, 0.717) is 32.1 Å². The van der Waals surface area contributed by atoms with Crippen molar-refractivity contribution in [1.29, 1.82) is 0 Å². The predicted octanol–water partition coefficient (Wildman–Crippen LogP) is 9.00. The SMILES string of the molecule is CC/C=C\C/C=C\C/C=C\CCCCCCCC(=O)O[C@H](COC(=O)CCC/C=C\[C@H](O)/C=C/C=C\C/C=C\C=C\[C@H](O)C/C=C\CC)COP(=O)(O)OC[C@H](N)C(=O)O. The van der Waals surface area contributed by atoms with Crippen LogP contribution >= 0.6 is 7.82 Å². The Morgan fingerprint density at radius 1 is 0.617 bits per heavy atom. The Morgan fingerprint density at radius 2 is 1.18 bits per heavy atom. The van der Waals surface area contributed by atoms with E-state index < -0.39 is 69.9 Å². The van der Waals surface area contributed by atoms with Crippen molar-refractivity contribution in [2.24, 2.45) is 5.73 Å². The highest BCUT2D eigenvalue weighted by Crippen LogP contribution is 2.43. The molecule has 13 nitrogen and oxygen atoms in total. The Morgan fingerprint density at radius 3 is 1.88 bits per heavy atom. The first kappa shape index (κ1) is 56.1. The second kappa shape index (κ2) is 39.2. The van der Waals surface area contributed by atoms with Gasteiger partial charge in [-0.2, -0.15) is 0 Å². The zero-order valence-electron chi connectivity index (χ0n) is 35.7. The maximum atomic E-state index is 12.6. The lowest BCUT2D eigenvalue weighted by Crippen LogP contribution is -2.34. The monoisotopic (exact) mass is 861 g/mol. The van der Waals surface area contributed by atoms with E-state index in [-0.39, 0.29) is 12.8 Å². The van der Waals surface area contributed by atoms with Crippen LogP contribution in [-0.4, -0.2) is 82.3 Å². The molecular weight excluding hydrogens is 789 g/mol. The number of carbonyl (C=O) groups excluding carboxylic acids is 2. The standard InChI is InChI=1S/C46H72NO12P/c1-3-5-7-8-9-10-11-12-13-14-15-16-20-23-29-36-45(51)59-42(38-57-60(54,55)58-39-43(47)46(52)53)37-56-44(50)35-30-24-28-34-41(49)33-27-22-19-17-18-21-26-32-40(48)31-25-6-4-2/h5-7,9-10,12-13,18-19,21-22,25-28,32-34,40-43,48-49H,3-4,8,11,14-17,20,23-24,29-31,35-39,47H2,1-2H3,(H,52,53)(H,54,55)/b7-5-,10-9-,13-12-,21-18-,22-19-,25-6-,32-26+,33-27+,34-28-/t40-,41-,42-,43+/m1/s1. The molecule has 6 N–H and O–H groups in total. The van der Waals surface area contributed by atoms with Crippen LogP contribution in [0.25, 0.3) is 0 Å². The fraction of sp³-hybridized carbons (Fsp3) is 0.543. The molecule has 0 aliphatic rings. The van der Waals surface area contributed by atoms with Gasteiger partial charge in [0.05, 0.1) is 25.4 Å². The molecule has 0 aliphatic heterocycles. The number of nitrogens with two attached hydrogens (primary N) is 1. The number of hydrogen-bond acceptors (Lipinski definition) is 11. The van der Waals surface area contributed by atoms with Gasteiger partial charge >= 0.3 is 25.7 Å². The van der Waals surface area contributed by atoms with Gasteiger partial charge in [-0.3, -0.25) is 23.4 Å². The lowest BCUT2D eigenvalue weighted by Gasteiger charge is -2.20. The first-order valence-electron chi connectivity index (χ1n) is 21.1. The molecule has 0 saturated heterocycles. The van der Waals surface area contributed by atoms with E-state index in [4.69, 9.17) is 24.8 Å². The van der Waals surface area contributed by atoms with Gasteiger partial charge in [-0.05, 0) is 70.6 Å². The molecule has 0 aromatic carbocycles. The summed E-state index contributed by atoms with van der Waals surface area (Å²) in [4.78, 5) is 45.9. The van der Waals surface area contributed by atoms with Crippen LogP contribution in [0.1, 0.15) is 117 Å². The van der Waals surface area contributed by atoms with Crippen molar-refractivity contribution < 1.29 is 57.7 Å². The molecule has 0 rings (SSSR count). The number of hydrogen-bond donors (Lipinski definition) is 5. The van der Waals surface area contributed by atoms with Crippen LogP contribution in [0.15, 0.2) is 109 Å². The topological polar surface area (TPSA) is 212 Å². The molecule has 0 fully saturated rings. The van der Waals surface area contributed by atoms with Gasteiger partial charge in [0.2, 0.25) is 0 Å². The maximum absolute atomic E-state index is 12.6. The third-order valence-electron chi connectivity index (χ3n) is 8.19. The number of esters is 2. The van der Waals surface area contributed by atoms with E-state index in [9.17, 15) is 34.1 Å². The predicted molar refractivity (Wildman–Crippen MR) is 238 cm³/mol. The minimum absolute atomic E-state index is 0.0244. The van der Waals surface area contributed by atoms with E-state index in [0.717, 1.165) is 57.8 Å². The van der Waals surface area contributed by atoms with Crippen LogP contribution < -0.4 is 5.73 Å². The molecule has 0 radical (unpaired) electrons. The van der Waals surface area contributed by atoms with Gasteiger partial charge < -0.3 is 35.4 Å². The van der Waals surface area contributed by atoms with Gasteiger partial charge in [-0.25, -0.2) is 4.57 Å². The largest absolute Gasteiger partial charge is 0.480 e. The summed E-state index contributed by atoms with van der Waals surface area (Å²) in [6.45, 7) is 2.26. The van der Waals surface area contributed by atoms with Crippen molar-refractivity contribution in [2.75, 3.05) is 19.8 Å². The molecule has 0 aliphatic carbocycles. The number of aliphatic hydroxyl groups excluding tert-OH is 2. The molecule has 0 aromatic heterocycles. The number of aliphatic hydroxyl groups is 2. The molecule has 60 heavy (non-hydrogen) atoms. The highest BCUT2D eigenvalue weighted by molar-refractivity contribution is 7.47. The average Bonchev–Trinajstić information content (AvgIpc) is 3.21. The summed E-state index contributed by atoms with van der Waals surface area (Å²) < 4.78 is 32.5. The van der Waals surface area contributed by atoms with Crippen LogP contribution in [0.3, 0.4) is 0 Å². The van der Waals surface area contributed by atoms with Crippen LogP contribution in [-0.2, 0) is 37.5 Å². The second-order valence-electron chi connectivity index (χ2n) is 13.8. The average molecular weight is 862 g/mol. The zero-order valence-corrected chi connectivity index (χ0v) is 36.6. The van der Waals surface area contributed by atoms with E-state index in [2.05, 4.69) is 47.9 Å². The zero-order chi connectivity index (χ0) is 44.5. The van der Waals surface area contributed by atoms with Gasteiger partial charge in [0.15, 0.2) is 6.10 Å². The number of phosphoric acid groups is 1. The highest BCUT2D eigenvalue weighted by Gasteiger charge is 2.28. The van der Waals surface area contributed by atoms with E-state index >= 15 is 0 Å². The number of unbranched alkanes of at least 4 members (excludes halogenated alkanes) is 6. The summed E-state index contributed by atoms with van der Waals surface area (Å²) in [6, 6.07) is -1.56. The van der Waals surface area contributed by atoms with Crippen molar-refractivity contribution in [2.45, 2.75) is 141 Å². The molecule has 14 heteroatoms. The maximum Gasteiger partial charge on any atom is 0.472 e. The van der Waals surface area contributed by atoms with Gasteiger partial charge in [0.1, 0.15) is 12.6 Å². The smallest absolute Gasteiger partial charge is 0.472 e. The molecule has 5 atom stereocenters. The van der Waals surface area contributed by atoms with Gasteiger partial charge in [0.25, 0.3) is 0 Å². The summed E-state index contributed by atoms with van der Waals surface area (Å²) in [5.74, 6) is -2.63. The lowest BCUT2D eigenvalue weighted by atomic mass is 10.1.